The summed E-state index contributed by atoms with van der Waals surface area (Å²) in [5.74, 6) is 1.99. The standard InChI is InChI=1S/C17H23N5O2/c1-21-11-13(10-18-21)17(23)22-8-4-7-14(22)9-15-19-16(24-20-15)12-5-2-3-6-12/h10-12,14H,2-9H2,1H3. The van der Waals surface area contributed by atoms with Gasteiger partial charge in [-0.3, -0.25) is 9.48 Å². The molecule has 1 aliphatic carbocycles. The van der Waals surface area contributed by atoms with E-state index in [0.29, 0.717) is 17.9 Å². The van der Waals surface area contributed by atoms with Crippen molar-refractivity contribution >= 4 is 5.91 Å². The van der Waals surface area contributed by atoms with Gasteiger partial charge in [-0.25, -0.2) is 0 Å². The van der Waals surface area contributed by atoms with E-state index in [-0.39, 0.29) is 11.9 Å². The van der Waals surface area contributed by atoms with E-state index in [1.807, 2.05) is 11.9 Å². The minimum absolute atomic E-state index is 0.0464. The number of hydrogen-bond donors (Lipinski definition) is 0. The molecule has 2 aromatic heterocycles. The summed E-state index contributed by atoms with van der Waals surface area (Å²) >= 11 is 0. The normalized spacial score (nSPS) is 21.7. The molecule has 1 atom stereocenters. The van der Waals surface area contributed by atoms with Gasteiger partial charge in [0.15, 0.2) is 5.82 Å². The van der Waals surface area contributed by atoms with Gasteiger partial charge in [-0.05, 0) is 25.7 Å². The summed E-state index contributed by atoms with van der Waals surface area (Å²) in [4.78, 5) is 19.2. The molecule has 1 saturated heterocycles. The lowest BCUT2D eigenvalue weighted by Crippen LogP contribution is -2.36. The van der Waals surface area contributed by atoms with Crippen LogP contribution in [0, 0.1) is 0 Å². The highest BCUT2D eigenvalue weighted by atomic mass is 16.5. The second-order valence-corrected chi connectivity index (χ2v) is 6.93. The number of carbonyl (C=O) groups is 1. The molecule has 7 heteroatoms. The maximum absolute atomic E-state index is 12.7. The molecular formula is C17H23N5O2. The van der Waals surface area contributed by atoms with Crippen LogP contribution in [-0.4, -0.2) is 43.3 Å². The van der Waals surface area contributed by atoms with Gasteiger partial charge in [0.1, 0.15) is 0 Å². The van der Waals surface area contributed by atoms with Gasteiger partial charge in [-0.15, -0.1) is 0 Å². The SMILES string of the molecule is Cn1cc(C(=O)N2CCCC2Cc2noc(C3CCCC3)n2)cn1. The van der Waals surface area contributed by atoms with Crippen molar-refractivity contribution < 1.29 is 9.32 Å². The number of rotatable bonds is 4. The zero-order chi connectivity index (χ0) is 16.5. The quantitative estimate of drug-likeness (QED) is 0.860. The van der Waals surface area contributed by atoms with E-state index in [0.717, 1.165) is 43.9 Å². The Labute approximate surface area is 141 Å². The monoisotopic (exact) mass is 329 g/mol. The Bertz CT molecular complexity index is 716. The lowest BCUT2D eigenvalue weighted by atomic mass is 10.1. The average Bonchev–Trinajstić information content (AvgIpc) is 3.35. The van der Waals surface area contributed by atoms with Crippen LogP contribution in [0.4, 0.5) is 0 Å². The molecule has 2 aliphatic rings. The minimum Gasteiger partial charge on any atom is -0.339 e. The summed E-state index contributed by atoms with van der Waals surface area (Å²) in [6, 6.07) is 0.145. The molecule has 2 aromatic rings. The van der Waals surface area contributed by atoms with Crippen molar-refractivity contribution in [2.24, 2.45) is 7.05 Å². The first kappa shape index (κ1) is 15.4. The molecule has 4 rings (SSSR count). The van der Waals surface area contributed by atoms with Crippen molar-refractivity contribution in [2.45, 2.75) is 56.9 Å². The Morgan fingerprint density at radius 2 is 2.12 bits per heavy atom. The predicted octanol–water partition coefficient (Wildman–Crippen LogP) is 2.31. The second kappa shape index (κ2) is 6.37. The number of hydrogen-bond acceptors (Lipinski definition) is 5. The lowest BCUT2D eigenvalue weighted by molar-refractivity contribution is 0.0734. The molecule has 0 spiro atoms. The number of aromatic nitrogens is 4. The maximum atomic E-state index is 12.7. The van der Waals surface area contributed by atoms with Crippen LogP contribution in [0.3, 0.4) is 0 Å². The highest BCUT2D eigenvalue weighted by molar-refractivity contribution is 5.94. The van der Waals surface area contributed by atoms with Crippen molar-refractivity contribution in [3.8, 4) is 0 Å². The Balaban J connectivity index is 1.44. The first-order valence-corrected chi connectivity index (χ1v) is 8.83. The van der Waals surface area contributed by atoms with Crippen LogP contribution in [0.1, 0.15) is 66.5 Å². The smallest absolute Gasteiger partial charge is 0.257 e. The summed E-state index contributed by atoms with van der Waals surface area (Å²) in [6.45, 7) is 0.783. The van der Waals surface area contributed by atoms with Gasteiger partial charge < -0.3 is 9.42 Å². The van der Waals surface area contributed by atoms with E-state index in [2.05, 4.69) is 15.2 Å². The predicted molar refractivity (Wildman–Crippen MR) is 86.5 cm³/mol. The molecule has 2 fully saturated rings. The third-order valence-electron chi connectivity index (χ3n) is 5.20. The zero-order valence-electron chi connectivity index (χ0n) is 14.0. The van der Waals surface area contributed by atoms with Gasteiger partial charge in [0.25, 0.3) is 5.91 Å². The summed E-state index contributed by atoms with van der Waals surface area (Å²) < 4.78 is 7.12. The largest absolute Gasteiger partial charge is 0.339 e. The van der Waals surface area contributed by atoms with Crippen LogP contribution in [0.15, 0.2) is 16.9 Å². The molecule has 7 nitrogen and oxygen atoms in total. The first-order chi connectivity index (χ1) is 11.7. The fourth-order valence-electron chi connectivity index (χ4n) is 3.91. The van der Waals surface area contributed by atoms with E-state index in [9.17, 15) is 4.79 Å². The molecule has 0 bridgehead atoms. The highest BCUT2D eigenvalue weighted by Crippen LogP contribution is 2.33. The van der Waals surface area contributed by atoms with Crippen LogP contribution >= 0.6 is 0 Å². The fraction of sp³-hybridized carbons (Fsp3) is 0.647. The van der Waals surface area contributed by atoms with Crippen molar-refractivity contribution in [3.05, 3.63) is 29.7 Å². The van der Waals surface area contributed by atoms with Crippen molar-refractivity contribution in [2.75, 3.05) is 6.54 Å². The van der Waals surface area contributed by atoms with E-state index >= 15 is 0 Å². The minimum atomic E-state index is 0.0464. The van der Waals surface area contributed by atoms with Gasteiger partial charge in [0.2, 0.25) is 5.89 Å². The van der Waals surface area contributed by atoms with Gasteiger partial charge in [0, 0.05) is 38.2 Å². The van der Waals surface area contributed by atoms with Crippen LogP contribution in [0.2, 0.25) is 0 Å². The third-order valence-corrected chi connectivity index (χ3v) is 5.20. The molecule has 1 aliphatic heterocycles. The van der Waals surface area contributed by atoms with Gasteiger partial charge in [0.05, 0.1) is 11.8 Å². The van der Waals surface area contributed by atoms with E-state index < -0.39 is 0 Å². The molecule has 128 valence electrons. The van der Waals surface area contributed by atoms with Crippen LogP contribution in [0.25, 0.3) is 0 Å². The van der Waals surface area contributed by atoms with Crippen molar-refractivity contribution in [3.63, 3.8) is 0 Å². The molecule has 1 saturated carbocycles. The Morgan fingerprint density at radius 1 is 1.29 bits per heavy atom. The lowest BCUT2D eigenvalue weighted by Gasteiger charge is -2.23. The first-order valence-electron chi connectivity index (χ1n) is 8.83. The Morgan fingerprint density at radius 3 is 2.88 bits per heavy atom. The number of amides is 1. The van der Waals surface area contributed by atoms with E-state index in [4.69, 9.17) is 4.52 Å². The topological polar surface area (TPSA) is 77.0 Å². The third kappa shape index (κ3) is 2.95. The fourth-order valence-corrected chi connectivity index (χ4v) is 3.91. The number of nitrogens with zero attached hydrogens (tertiary/aromatic N) is 5. The molecule has 1 unspecified atom stereocenters. The average molecular weight is 329 g/mol. The number of carbonyl (C=O) groups excluding carboxylic acids is 1. The zero-order valence-corrected chi connectivity index (χ0v) is 14.0. The summed E-state index contributed by atoms with van der Waals surface area (Å²) in [5, 5.41) is 8.25. The summed E-state index contributed by atoms with van der Waals surface area (Å²) in [7, 11) is 1.82. The summed E-state index contributed by atoms with van der Waals surface area (Å²) in [6.07, 6.45) is 10.9. The van der Waals surface area contributed by atoms with Gasteiger partial charge >= 0.3 is 0 Å². The molecule has 0 N–H and O–H groups in total. The summed E-state index contributed by atoms with van der Waals surface area (Å²) in [5.41, 5.74) is 0.643. The van der Waals surface area contributed by atoms with Gasteiger partial charge in [-0.2, -0.15) is 10.1 Å². The van der Waals surface area contributed by atoms with Crippen molar-refractivity contribution in [1.82, 2.24) is 24.8 Å². The highest BCUT2D eigenvalue weighted by Gasteiger charge is 2.32. The molecule has 24 heavy (non-hydrogen) atoms. The Kier molecular flexibility index (Phi) is 4.08. The maximum Gasteiger partial charge on any atom is 0.257 e. The van der Waals surface area contributed by atoms with E-state index in [1.54, 1.807) is 17.1 Å². The van der Waals surface area contributed by atoms with Crippen LogP contribution in [0.5, 0.6) is 0 Å². The molecule has 1 amide bonds. The molecule has 3 heterocycles. The van der Waals surface area contributed by atoms with Crippen LogP contribution < -0.4 is 0 Å². The second-order valence-electron chi connectivity index (χ2n) is 6.93. The molecular weight excluding hydrogens is 306 g/mol. The van der Waals surface area contributed by atoms with Gasteiger partial charge in [-0.1, -0.05) is 18.0 Å². The molecule has 0 aromatic carbocycles. The molecule has 0 radical (unpaired) electrons. The van der Waals surface area contributed by atoms with E-state index in [1.165, 1.54) is 12.8 Å². The van der Waals surface area contributed by atoms with Crippen LogP contribution in [-0.2, 0) is 13.5 Å². The Hall–Kier alpha value is -2.18. The number of likely N-dealkylation sites (tertiary alicyclic amines) is 1. The number of aryl methyl sites for hydroxylation is 1. The van der Waals surface area contributed by atoms with Crippen molar-refractivity contribution in [1.29, 1.82) is 0 Å².